The lowest BCUT2D eigenvalue weighted by molar-refractivity contribution is -0.146. The molecule has 210 valence electrons. The summed E-state index contributed by atoms with van der Waals surface area (Å²) in [6.07, 6.45) is 11.2. The topological polar surface area (TPSA) is 81.2 Å². The lowest BCUT2D eigenvalue weighted by Crippen LogP contribution is -2.58. The fourth-order valence-corrected chi connectivity index (χ4v) is 9.22. The Morgan fingerprint density at radius 1 is 0.974 bits per heavy atom. The number of aliphatic hydroxyl groups excluding tert-OH is 1. The van der Waals surface area contributed by atoms with Crippen molar-refractivity contribution in [3.05, 3.63) is 54.6 Å². The van der Waals surface area contributed by atoms with Gasteiger partial charge in [-0.05, 0) is 31.4 Å². The van der Waals surface area contributed by atoms with Gasteiger partial charge in [0, 0.05) is 30.1 Å². The van der Waals surface area contributed by atoms with Gasteiger partial charge in [-0.25, -0.2) is 0 Å². The predicted octanol–water partition coefficient (Wildman–Crippen LogP) is 3.88. The van der Waals surface area contributed by atoms with E-state index in [0.717, 1.165) is 24.9 Å². The maximum atomic E-state index is 14.6. The van der Waals surface area contributed by atoms with E-state index in [-0.39, 0.29) is 30.2 Å². The smallest absolute Gasteiger partial charge is 0.247 e. The quantitative estimate of drug-likeness (QED) is 0.392. The van der Waals surface area contributed by atoms with Gasteiger partial charge in [0.15, 0.2) is 0 Å². The lowest BCUT2D eigenvalue weighted by Gasteiger charge is -2.41. The average molecular weight is 552 g/mol. The number of fused-ring (bicyclic) bond motifs is 2. The molecule has 39 heavy (non-hydrogen) atoms. The molecule has 0 aromatic heterocycles. The zero-order valence-electron chi connectivity index (χ0n) is 23.5. The van der Waals surface area contributed by atoms with Crippen LogP contribution >= 0.6 is 11.8 Å². The number of rotatable bonds is 8. The van der Waals surface area contributed by atoms with Crippen LogP contribution in [0.5, 0.6) is 0 Å². The first kappa shape index (κ1) is 28.0. The van der Waals surface area contributed by atoms with E-state index in [1.807, 2.05) is 68.2 Å². The fraction of sp³-hybridized carbons (Fsp3) is 0.581. The average Bonchev–Trinajstić information content (AvgIpc) is 3.18. The second-order valence-corrected chi connectivity index (χ2v) is 13.6. The van der Waals surface area contributed by atoms with Gasteiger partial charge in [-0.1, -0.05) is 76.1 Å². The summed E-state index contributed by atoms with van der Waals surface area (Å²) in [7, 11) is 0. The Hall–Kier alpha value is -2.58. The van der Waals surface area contributed by atoms with Crippen molar-refractivity contribution in [2.45, 2.75) is 68.5 Å². The Morgan fingerprint density at radius 2 is 1.69 bits per heavy atom. The third-order valence-electron chi connectivity index (χ3n) is 8.99. The van der Waals surface area contributed by atoms with Crippen LogP contribution in [0.25, 0.3) is 0 Å². The molecule has 1 aromatic rings. The number of amides is 3. The number of likely N-dealkylation sites (tertiary alicyclic amines) is 1. The molecule has 4 aliphatic rings. The Balaban J connectivity index is 1.63. The minimum Gasteiger partial charge on any atom is -0.394 e. The highest BCUT2D eigenvalue weighted by atomic mass is 32.2. The summed E-state index contributed by atoms with van der Waals surface area (Å²) in [5.41, 5.74) is 0.797. The first-order chi connectivity index (χ1) is 18.7. The van der Waals surface area contributed by atoms with Gasteiger partial charge in [-0.2, -0.15) is 0 Å². The molecule has 0 radical (unpaired) electrons. The number of para-hydroxylation sites is 1. The molecule has 0 saturated carbocycles. The standard InChI is InChI=1S/C31H41N3O4S/c1-5-6-10-17-32-18-12-16-31-25(28(37)34(26(31)29(32)38)23(20-35)21(2)3)24-27(36)33(22-13-8-7-9-14-22)19-11-15-30(24,4)39-31/h7-9,11-16,21,23-26,35H,5-6,10,17-20H2,1-4H3/t23-,24-,25-,26?,30+,31-/m0/s1. The van der Waals surface area contributed by atoms with Crippen LogP contribution in [0.15, 0.2) is 54.6 Å². The second kappa shape index (κ2) is 10.8. The van der Waals surface area contributed by atoms with Crippen molar-refractivity contribution in [1.82, 2.24) is 9.80 Å². The Kier molecular flexibility index (Phi) is 7.72. The first-order valence-corrected chi connectivity index (χ1v) is 15.2. The summed E-state index contributed by atoms with van der Waals surface area (Å²) in [4.78, 5) is 48.7. The number of carbonyl (C=O) groups excluding carboxylic acids is 3. The van der Waals surface area contributed by atoms with Crippen molar-refractivity contribution < 1.29 is 19.5 Å². The van der Waals surface area contributed by atoms with Crippen LogP contribution in [0.3, 0.4) is 0 Å². The number of thioether (sulfide) groups is 1. The molecule has 3 amide bonds. The minimum absolute atomic E-state index is 0.0506. The molecule has 0 bridgehead atoms. The van der Waals surface area contributed by atoms with Crippen LogP contribution in [0.4, 0.5) is 5.69 Å². The van der Waals surface area contributed by atoms with Crippen molar-refractivity contribution >= 4 is 35.2 Å². The summed E-state index contributed by atoms with van der Waals surface area (Å²) in [5, 5.41) is 10.5. The number of anilines is 1. The number of unbranched alkanes of at least 4 members (excludes halogenated alkanes) is 2. The first-order valence-electron chi connectivity index (χ1n) is 14.3. The molecule has 7 nitrogen and oxygen atoms in total. The molecule has 2 fully saturated rings. The summed E-state index contributed by atoms with van der Waals surface area (Å²) >= 11 is 1.60. The second-order valence-electron chi connectivity index (χ2n) is 11.8. The van der Waals surface area contributed by atoms with E-state index in [1.54, 1.807) is 21.6 Å². The molecule has 5 rings (SSSR count). The molecule has 4 heterocycles. The molecular formula is C31H41N3O4S. The molecule has 6 atom stereocenters. The zero-order chi connectivity index (χ0) is 27.9. The van der Waals surface area contributed by atoms with E-state index >= 15 is 0 Å². The maximum absolute atomic E-state index is 14.6. The molecule has 0 aliphatic carbocycles. The van der Waals surface area contributed by atoms with Crippen LogP contribution in [0.2, 0.25) is 0 Å². The molecule has 1 unspecified atom stereocenters. The van der Waals surface area contributed by atoms with Crippen molar-refractivity contribution in [2.24, 2.45) is 17.8 Å². The normalized spacial score (nSPS) is 32.8. The Morgan fingerprint density at radius 3 is 2.36 bits per heavy atom. The Labute approximate surface area is 236 Å². The Bertz CT molecular complexity index is 1170. The van der Waals surface area contributed by atoms with E-state index < -0.39 is 33.4 Å². The number of nitrogens with zero attached hydrogens (tertiary/aromatic N) is 3. The fourth-order valence-electron chi connectivity index (χ4n) is 7.08. The maximum Gasteiger partial charge on any atom is 0.247 e. The number of hydrogen-bond acceptors (Lipinski definition) is 5. The van der Waals surface area contributed by atoms with E-state index in [0.29, 0.717) is 19.6 Å². The molecule has 1 N–H and O–H groups in total. The largest absolute Gasteiger partial charge is 0.394 e. The molecule has 4 aliphatic heterocycles. The number of hydrogen-bond donors (Lipinski definition) is 1. The lowest BCUT2D eigenvalue weighted by atomic mass is 9.74. The van der Waals surface area contributed by atoms with Gasteiger partial charge in [-0.3, -0.25) is 14.4 Å². The molecular weight excluding hydrogens is 510 g/mol. The van der Waals surface area contributed by atoms with Gasteiger partial charge in [-0.15, -0.1) is 11.8 Å². The summed E-state index contributed by atoms with van der Waals surface area (Å²) in [6, 6.07) is 8.30. The van der Waals surface area contributed by atoms with E-state index in [4.69, 9.17) is 0 Å². The third kappa shape index (κ3) is 4.44. The van der Waals surface area contributed by atoms with Gasteiger partial charge in [0.05, 0.1) is 29.2 Å². The molecule has 8 heteroatoms. The van der Waals surface area contributed by atoms with Crippen LogP contribution < -0.4 is 4.90 Å². The van der Waals surface area contributed by atoms with Crippen LogP contribution in [-0.2, 0) is 14.4 Å². The van der Waals surface area contributed by atoms with E-state index in [9.17, 15) is 19.5 Å². The van der Waals surface area contributed by atoms with Crippen LogP contribution in [0.1, 0.15) is 47.0 Å². The summed E-state index contributed by atoms with van der Waals surface area (Å²) < 4.78 is -1.55. The number of benzene rings is 1. The highest BCUT2D eigenvalue weighted by Gasteiger charge is 2.74. The van der Waals surface area contributed by atoms with Gasteiger partial charge in [0.2, 0.25) is 17.7 Å². The van der Waals surface area contributed by atoms with Gasteiger partial charge >= 0.3 is 0 Å². The highest BCUT2D eigenvalue weighted by Crippen LogP contribution is 2.66. The molecule has 2 saturated heterocycles. The van der Waals surface area contributed by atoms with Crippen LogP contribution in [-0.4, -0.2) is 80.4 Å². The molecule has 1 spiro atoms. The van der Waals surface area contributed by atoms with Crippen molar-refractivity contribution in [3.63, 3.8) is 0 Å². The van der Waals surface area contributed by atoms with Crippen molar-refractivity contribution in [1.29, 1.82) is 0 Å². The number of aliphatic hydroxyl groups is 1. The van der Waals surface area contributed by atoms with E-state index in [1.165, 1.54) is 0 Å². The van der Waals surface area contributed by atoms with Gasteiger partial charge < -0.3 is 19.8 Å². The third-order valence-corrected chi connectivity index (χ3v) is 10.8. The molecule has 1 aromatic carbocycles. The monoisotopic (exact) mass is 551 g/mol. The minimum atomic E-state index is -0.894. The van der Waals surface area contributed by atoms with Crippen molar-refractivity contribution in [3.8, 4) is 0 Å². The zero-order valence-corrected chi connectivity index (χ0v) is 24.3. The highest BCUT2D eigenvalue weighted by molar-refractivity contribution is 8.02. The SMILES string of the molecule is CCCCCN1CC=C[C@]23S[C@]4(C)C=CCN(c5ccccc5)C(=O)[C@@H]4[C@H]2C(=O)N([C@@H](CO)C(C)C)C3C1=O. The van der Waals surface area contributed by atoms with Gasteiger partial charge in [0.1, 0.15) is 6.04 Å². The summed E-state index contributed by atoms with van der Waals surface area (Å²) in [5.74, 6) is -1.76. The predicted molar refractivity (Wildman–Crippen MR) is 155 cm³/mol. The van der Waals surface area contributed by atoms with Crippen LogP contribution in [0, 0.1) is 17.8 Å². The van der Waals surface area contributed by atoms with Crippen molar-refractivity contribution in [2.75, 3.05) is 31.1 Å². The number of carbonyl (C=O) groups is 3. The summed E-state index contributed by atoms with van der Waals surface area (Å²) in [6.45, 7) is 9.45. The van der Waals surface area contributed by atoms with E-state index in [2.05, 4.69) is 19.1 Å². The van der Waals surface area contributed by atoms with Gasteiger partial charge in [0.25, 0.3) is 0 Å².